The summed E-state index contributed by atoms with van der Waals surface area (Å²) in [5, 5.41) is 19.9. The molecule has 6 heteroatoms. The van der Waals surface area contributed by atoms with E-state index in [1.54, 1.807) is 0 Å². The first kappa shape index (κ1) is 36.3. The van der Waals surface area contributed by atoms with Crippen molar-refractivity contribution in [1.82, 2.24) is 23.3 Å². The number of pyridine rings is 1. The maximum Gasteiger partial charge on any atom is 0.0991 e. The van der Waals surface area contributed by atoms with Crippen molar-refractivity contribution < 1.29 is 0 Å². The largest absolute Gasteiger partial charge is 0.309 e. The highest BCUT2D eigenvalue weighted by Gasteiger charge is 2.24. The van der Waals surface area contributed by atoms with E-state index >= 15 is 0 Å². The number of nitrogens with zero attached hydrogens (tertiary/aromatic N) is 6. The summed E-state index contributed by atoms with van der Waals surface area (Å²) in [5.41, 5.74) is 15.4. The molecular weight excluding hydrogens is 805 g/mol. The quantitative estimate of drug-likeness (QED) is 0.173. The van der Waals surface area contributed by atoms with Crippen molar-refractivity contribution in [3.8, 4) is 40.1 Å². The Hall–Kier alpha value is -9.18. The van der Waals surface area contributed by atoms with E-state index in [-0.39, 0.29) is 0 Å². The number of para-hydroxylation sites is 6. The normalized spacial score (nSPS) is 11.9. The Morgan fingerprint density at radius 1 is 0.348 bits per heavy atom. The highest BCUT2D eigenvalue weighted by molar-refractivity contribution is 6.27. The smallest absolute Gasteiger partial charge is 0.0991 e. The maximum absolute atomic E-state index is 10.4. The Morgan fingerprint density at radius 3 is 1.36 bits per heavy atom. The summed E-state index contributed by atoms with van der Waals surface area (Å²) in [4.78, 5) is 5.11. The van der Waals surface area contributed by atoms with Crippen LogP contribution >= 0.6 is 0 Å². The van der Waals surface area contributed by atoms with Gasteiger partial charge in [-0.25, -0.2) is 0 Å². The van der Waals surface area contributed by atoms with Crippen LogP contribution in [-0.2, 0) is 0 Å². The molecule has 5 aromatic heterocycles. The lowest BCUT2D eigenvalue weighted by molar-refractivity contribution is 1.14. The van der Waals surface area contributed by atoms with Gasteiger partial charge in [0.1, 0.15) is 0 Å². The standard InChI is InChI=1S/C60H36N6/c61-37-38-27-30-54(66-53-26-14-10-22-47(53)58-56(66)32-29-45-43-20-8-12-24-51(43)65(60(45)58)40-17-5-2-6-18-40)48(35-38)49-36-41(33-34-62-49)63-52-25-13-9-21-46(52)57-55(63)31-28-44-42-19-7-11-23-50(42)64(59(44)57)39-15-3-1-4-16-39/h1-36H. The van der Waals surface area contributed by atoms with Crippen molar-refractivity contribution >= 4 is 87.2 Å². The molecule has 0 saturated heterocycles. The van der Waals surface area contributed by atoms with Gasteiger partial charge in [-0.15, -0.1) is 0 Å². The second kappa shape index (κ2) is 13.9. The molecule has 0 fully saturated rings. The van der Waals surface area contributed by atoms with Crippen LogP contribution in [0.4, 0.5) is 0 Å². The van der Waals surface area contributed by atoms with Gasteiger partial charge in [0.05, 0.1) is 67.1 Å². The van der Waals surface area contributed by atoms with Crippen LogP contribution in [0.15, 0.2) is 219 Å². The zero-order valence-corrected chi connectivity index (χ0v) is 35.5. The third-order valence-electron chi connectivity index (χ3n) is 13.6. The van der Waals surface area contributed by atoms with E-state index in [0.29, 0.717) is 5.56 Å². The molecule has 0 aliphatic rings. The van der Waals surface area contributed by atoms with Crippen LogP contribution in [0.2, 0.25) is 0 Å². The summed E-state index contributed by atoms with van der Waals surface area (Å²) < 4.78 is 9.56. The van der Waals surface area contributed by atoms with Gasteiger partial charge >= 0.3 is 0 Å². The first-order valence-corrected chi connectivity index (χ1v) is 22.3. The molecule has 9 aromatic carbocycles. The average Bonchev–Trinajstić information content (AvgIpc) is 4.12. The molecule has 0 saturated carbocycles. The number of hydrogen-bond donors (Lipinski definition) is 0. The molecule has 0 bridgehead atoms. The first-order valence-electron chi connectivity index (χ1n) is 22.3. The monoisotopic (exact) mass is 840 g/mol. The topological polar surface area (TPSA) is 56.4 Å². The lowest BCUT2D eigenvalue weighted by atomic mass is 10.0. The Balaban J connectivity index is 1.03. The molecule has 0 unspecified atom stereocenters. The number of rotatable bonds is 5. The molecule has 5 heterocycles. The molecule has 0 amide bonds. The molecule has 306 valence electrons. The van der Waals surface area contributed by atoms with Crippen LogP contribution < -0.4 is 0 Å². The molecule has 0 aliphatic heterocycles. The molecule has 0 N–H and O–H groups in total. The lowest BCUT2D eigenvalue weighted by Gasteiger charge is -2.16. The van der Waals surface area contributed by atoms with Gasteiger partial charge in [0.15, 0.2) is 0 Å². The predicted octanol–water partition coefficient (Wildman–Crippen LogP) is 15.0. The Kier molecular flexibility index (Phi) is 7.65. The van der Waals surface area contributed by atoms with Gasteiger partial charge in [-0.1, -0.05) is 121 Å². The number of hydrogen-bond acceptors (Lipinski definition) is 2. The minimum atomic E-state index is 0.571. The van der Waals surface area contributed by atoms with Crippen molar-refractivity contribution in [2.45, 2.75) is 0 Å². The van der Waals surface area contributed by atoms with Gasteiger partial charge in [-0.05, 0) is 91.0 Å². The summed E-state index contributed by atoms with van der Waals surface area (Å²) in [5.74, 6) is 0. The van der Waals surface area contributed by atoms with Crippen molar-refractivity contribution in [3.63, 3.8) is 0 Å². The fourth-order valence-corrected chi connectivity index (χ4v) is 11.0. The van der Waals surface area contributed by atoms with Crippen LogP contribution in [0.1, 0.15) is 5.56 Å². The molecule has 14 rings (SSSR count). The molecule has 0 atom stereocenters. The van der Waals surface area contributed by atoms with E-state index in [1.165, 1.54) is 48.7 Å². The van der Waals surface area contributed by atoms with Crippen LogP contribution in [0.3, 0.4) is 0 Å². The number of aromatic nitrogens is 5. The number of fused-ring (bicyclic) bond motifs is 14. The summed E-state index contributed by atoms with van der Waals surface area (Å²) >= 11 is 0. The minimum absolute atomic E-state index is 0.571. The highest BCUT2D eigenvalue weighted by atomic mass is 15.0. The van der Waals surface area contributed by atoms with Crippen molar-refractivity contribution in [3.05, 3.63) is 224 Å². The van der Waals surface area contributed by atoms with E-state index in [0.717, 1.165) is 72.5 Å². The summed E-state index contributed by atoms with van der Waals surface area (Å²) in [6, 6.07) is 77.9. The van der Waals surface area contributed by atoms with E-state index in [4.69, 9.17) is 4.98 Å². The van der Waals surface area contributed by atoms with E-state index in [9.17, 15) is 5.26 Å². The van der Waals surface area contributed by atoms with Crippen molar-refractivity contribution in [2.24, 2.45) is 0 Å². The van der Waals surface area contributed by atoms with E-state index in [2.05, 4.69) is 225 Å². The van der Waals surface area contributed by atoms with Gasteiger partial charge in [0.25, 0.3) is 0 Å². The third kappa shape index (κ3) is 5.02. The average molecular weight is 841 g/mol. The minimum Gasteiger partial charge on any atom is -0.309 e. The van der Waals surface area contributed by atoms with Gasteiger partial charge in [0.2, 0.25) is 0 Å². The SMILES string of the molecule is N#Cc1ccc(-n2c3ccccc3c3c2ccc2c4ccccc4n(-c4ccccc4)c23)c(-c2cc(-n3c4ccccc4c4c3ccc3c5ccccc5n(-c5ccccc5)c34)ccn2)c1. The first-order chi connectivity index (χ1) is 32.7. The molecule has 6 nitrogen and oxygen atoms in total. The predicted molar refractivity (Wildman–Crippen MR) is 272 cm³/mol. The molecule has 0 spiro atoms. The van der Waals surface area contributed by atoms with E-state index < -0.39 is 0 Å². The highest BCUT2D eigenvalue weighted by Crippen LogP contribution is 2.45. The van der Waals surface area contributed by atoms with Crippen molar-refractivity contribution in [1.29, 1.82) is 5.26 Å². The maximum atomic E-state index is 10.4. The molecule has 14 aromatic rings. The zero-order chi connectivity index (χ0) is 43.5. The second-order valence-corrected chi connectivity index (χ2v) is 17.0. The molecular formula is C60H36N6. The van der Waals surface area contributed by atoms with Crippen LogP contribution in [0, 0.1) is 11.3 Å². The molecule has 0 radical (unpaired) electrons. The van der Waals surface area contributed by atoms with Gasteiger partial charge in [-0.3, -0.25) is 4.98 Å². The Labute approximate surface area is 378 Å². The number of benzene rings is 9. The summed E-state index contributed by atoms with van der Waals surface area (Å²) in [6.45, 7) is 0. The zero-order valence-electron chi connectivity index (χ0n) is 35.5. The lowest BCUT2D eigenvalue weighted by Crippen LogP contribution is -2.01. The molecule has 0 aliphatic carbocycles. The fourth-order valence-electron chi connectivity index (χ4n) is 11.0. The number of nitriles is 1. The van der Waals surface area contributed by atoms with Crippen molar-refractivity contribution in [2.75, 3.05) is 0 Å². The van der Waals surface area contributed by atoms with Crippen LogP contribution in [0.25, 0.3) is 121 Å². The Morgan fingerprint density at radius 2 is 0.818 bits per heavy atom. The van der Waals surface area contributed by atoms with Gasteiger partial charge < -0.3 is 18.3 Å². The van der Waals surface area contributed by atoms with E-state index in [1.807, 2.05) is 18.3 Å². The third-order valence-corrected chi connectivity index (χ3v) is 13.6. The van der Waals surface area contributed by atoms with Gasteiger partial charge in [0, 0.05) is 71.9 Å². The fraction of sp³-hybridized carbons (Fsp3) is 0. The van der Waals surface area contributed by atoms with Crippen LogP contribution in [0.5, 0.6) is 0 Å². The summed E-state index contributed by atoms with van der Waals surface area (Å²) in [7, 11) is 0. The van der Waals surface area contributed by atoms with Crippen LogP contribution in [-0.4, -0.2) is 23.3 Å². The second-order valence-electron chi connectivity index (χ2n) is 17.0. The Bertz CT molecular complexity index is 4350. The van der Waals surface area contributed by atoms with Gasteiger partial charge in [-0.2, -0.15) is 5.26 Å². The summed E-state index contributed by atoms with van der Waals surface area (Å²) in [6.07, 6.45) is 1.90. The molecule has 66 heavy (non-hydrogen) atoms.